The van der Waals surface area contributed by atoms with Crippen LogP contribution in [0.25, 0.3) is 0 Å². The molecule has 0 spiro atoms. The second-order valence-corrected chi connectivity index (χ2v) is 10.6. The molecule has 2 heterocycles. The maximum atomic E-state index is 13.5. The van der Waals surface area contributed by atoms with Crippen molar-refractivity contribution < 1.29 is 4.79 Å². The molecule has 1 amide bonds. The number of pyridine rings is 1. The first-order valence-electron chi connectivity index (χ1n) is 10.5. The third-order valence-electron chi connectivity index (χ3n) is 5.79. The van der Waals surface area contributed by atoms with Gasteiger partial charge in [0.25, 0.3) is 0 Å². The number of aromatic nitrogens is 1. The van der Waals surface area contributed by atoms with Gasteiger partial charge in [0.15, 0.2) is 0 Å². The van der Waals surface area contributed by atoms with Gasteiger partial charge < -0.3 is 0 Å². The van der Waals surface area contributed by atoms with Crippen LogP contribution in [0.4, 0.5) is 11.4 Å². The van der Waals surface area contributed by atoms with Crippen LogP contribution in [0.3, 0.4) is 0 Å². The van der Waals surface area contributed by atoms with Crippen LogP contribution in [0, 0.1) is 17.2 Å². The zero-order chi connectivity index (χ0) is 22.2. The molecular formula is C25H20ClN3OS2. The van der Waals surface area contributed by atoms with Crippen molar-refractivity contribution >= 4 is 52.4 Å². The summed E-state index contributed by atoms with van der Waals surface area (Å²) >= 11 is 9.24. The monoisotopic (exact) mass is 477 g/mol. The van der Waals surface area contributed by atoms with Crippen molar-refractivity contribution in [3.63, 3.8) is 0 Å². The quantitative estimate of drug-likeness (QED) is 0.395. The van der Waals surface area contributed by atoms with Crippen LogP contribution in [0.5, 0.6) is 0 Å². The van der Waals surface area contributed by atoms with Gasteiger partial charge in [0.05, 0.1) is 22.7 Å². The van der Waals surface area contributed by atoms with Gasteiger partial charge in [-0.15, -0.1) is 0 Å². The number of amides is 1. The zero-order valence-electron chi connectivity index (χ0n) is 17.5. The number of hydrogen-bond donors (Lipinski definition) is 0. The summed E-state index contributed by atoms with van der Waals surface area (Å²) < 4.78 is 0. The molecule has 0 N–H and O–H groups in total. The number of para-hydroxylation sites is 1. The molecule has 3 aromatic rings. The number of halogens is 1. The predicted molar refractivity (Wildman–Crippen MR) is 130 cm³/mol. The summed E-state index contributed by atoms with van der Waals surface area (Å²) in [5, 5.41) is 10.9. The van der Waals surface area contributed by atoms with Crippen LogP contribution >= 0.6 is 35.1 Å². The molecule has 4 nitrogen and oxygen atoms in total. The van der Waals surface area contributed by atoms with E-state index in [0.717, 1.165) is 46.1 Å². The number of rotatable bonds is 3. The van der Waals surface area contributed by atoms with E-state index in [1.54, 1.807) is 16.7 Å². The summed E-state index contributed by atoms with van der Waals surface area (Å²) in [6.07, 6.45) is 2.99. The number of carbonyl (C=O) groups excluding carboxylic acids is 1. The van der Waals surface area contributed by atoms with Gasteiger partial charge in [-0.3, -0.25) is 9.69 Å². The number of nitrogens with zero attached hydrogens (tertiary/aromatic N) is 3. The van der Waals surface area contributed by atoms with Gasteiger partial charge in [-0.25, -0.2) is 4.98 Å². The van der Waals surface area contributed by atoms with Gasteiger partial charge in [-0.05, 0) is 67.1 Å². The smallest absolute Gasteiger partial charge is 0.242 e. The SMILES string of the molecule is CC1CCc2nc(SCC(=O)N3c4ccccc4Sc4ccc(Cl)cc43)c(C#N)cc2C1. The number of fused-ring (bicyclic) bond motifs is 3. The van der Waals surface area contributed by atoms with E-state index in [-0.39, 0.29) is 11.7 Å². The number of carbonyl (C=O) groups is 1. The Bertz CT molecular complexity index is 1270. The van der Waals surface area contributed by atoms with E-state index in [1.807, 2.05) is 48.5 Å². The molecule has 1 aliphatic heterocycles. The highest BCUT2D eigenvalue weighted by Crippen LogP contribution is 2.49. The number of aryl methyl sites for hydroxylation is 1. The topological polar surface area (TPSA) is 57.0 Å². The fourth-order valence-electron chi connectivity index (χ4n) is 4.21. The molecule has 160 valence electrons. The molecule has 1 unspecified atom stereocenters. The van der Waals surface area contributed by atoms with Crippen LogP contribution in [0.2, 0.25) is 5.02 Å². The van der Waals surface area contributed by atoms with Gasteiger partial charge >= 0.3 is 0 Å². The van der Waals surface area contributed by atoms with Crippen molar-refractivity contribution in [2.45, 2.75) is 41.0 Å². The van der Waals surface area contributed by atoms with Gasteiger partial charge in [0, 0.05) is 20.5 Å². The van der Waals surface area contributed by atoms with Crippen molar-refractivity contribution in [1.29, 1.82) is 5.26 Å². The van der Waals surface area contributed by atoms with Crippen LogP contribution in [0.1, 0.15) is 30.2 Å². The third kappa shape index (κ3) is 4.01. The average Bonchev–Trinajstić information content (AvgIpc) is 2.80. The number of anilines is 2. The van der Waals surface area contributed by atoms with E-state index in [4.69, 9.17) is 16.6 Å². The summed E-state index contributed by atoms with van der Waals surface area (Å²) in [5.41, 5.74) is 4.43. The minimum Gasteiger partial charge on any atom is -0.278 e. The van der Waals surface area contributed by atoms with Crippen molar-refractivity contribution in [2.24, 2.45) is 5.92 Å². The zero-order valence-corrected chi connectivity index (χ0v) is 19.9. The molecule has 0 radical (unpaired) electrons. The lowest BCUT2D eigenvalue weighted by Crippen LogP contribution is -2.30. The first-order valence-corrected chi connectivity index (χ1v) is 12.7. The van der Waals surface area contributed by atoms with E-state index in [9.17, 15) is 10.1 Å². The highest BCUT2D eigenvalue weighted by atomic mass is 35.5. The van der Waals surface area contributed by atoms with Crippen LogP contribution in [-0.4, -0.2) is 16.6 Å². The fraction of sp³-hybridized carbons (Fsp3) is 0.240. The largest absolute Gasteiger partial charge is 0.278 e. The van der Waals surface area contributed by atoms with Crippen molar-refractivity contribution in [1.82, 2.24) is 4.98 Å². The first-order chi connectivity index (χ1) is 15.5. The van der Waals surface area contributed by atoms with Gasteiger partial charge in [-0.1, -0.05) is 54.2 Å². The average molecular weight is 478 g/mol. The van der Waals surface area contributed by atoms with Crippen LogP contribution < -0.4 is 4.90 Å². The summed E-state index contributed by atoms with van der Waals surface area (Å²) in [4.78, 5) is 22.0. The second kappa shape index (κ2) is 8.82. The molecular weight excluding hydrogens is 458 g/mol. The van der Waals surface area contributed by atoms with Crippen LogP contribution in [-0.2, 0) is 17.6 Å². The van der Waals surface area contributed by atoms with E-state index in [0.29, 0.717) is 21.5 Å². The normalized spacial score (nSPS) is 16.5. The Morgan fingerprint density at radius 1 is 1.25 bits per heavy atom. The summed E-state index contributed by atoms with van der Waals surface area (Å²) in [7, 11) is 0. The van der Waals surface area contributed by atoms with Gasteiger partial charge in [-0.2, -0.15) is 5.26 Å². The standard InChI is InChI=1S/C25H20ClN3OS2/c1-15-6-8-19-16(10-15)11-17(13-27)25(28-19)31-14-24(30)29-20-4-2-3-5-22(20)32-23-9-7-18(26)12-21(23)29/h2-5,7,9,11-12,15H,6,8,10,14H2,1H3. The van der Waals surface area contributed by atoms with E-state index >= 15 is 0 Å². The summed E-state index contributed by atoms with van der Waals surface area (Å²) in [6, 6.07) is 17.7. The molecule has 2 aliphatic rings. The Morgan fingerprint density at radius 2 is 2.06 bits per heavy atom. The molecule has 5 rings (SSSR count). The van der Waals surface area contributed by atoms with E-state index in [2.05, 4.69) is 13.0 Å². The lowest BCUT2D eigenvalue weighted by molar-refractivity contribution is -0.115. The molecule has 1 aromatic heterocycles. The number of hydrogen-bond acceptors (Lipinski definition) is 5. The Labute approximate surface area is 201 Å². The fourth-order valence-corrected chi connectivity index (χ4v) is 6.24. The highest BCUT2D eigenvalue weighted by molar-refractivity contribution is 8.00. The lowest BCUT2D eigenvalue weighted by Gasteiger charge is -2.31. The Hall–Kier alpha value is -2.46. The molecule has 32 heavy (non-hydrogen) atoms. The Balaban J connectivity index is 1.44. The highest BCUT2D eigenvalue weighted by Gasteiger charge is 2.29. The maximum Gasteiger partial charge on any atom is 0.242 e. The molecule has 0 saturated heterocycles. The van der Waals surface area contributed by atoms with Crippen molar-refractivity contribution in [3.8, 4) is 6.07 Å². The minimum absolute atomic E-state index is 0.0664. The molecule has 7 heteroatoms. The third-order valence-corrected chi connectivity index (χ3v) is 8.13. The van der Waals surface area contributed by atoms with E-state index in [1.165, 1.54) is 17.3 Å². The molecule has 1 atom stereocenters. The van der Waals surface area contributed by atoms with Crippen molar-refractivity contribution in [3.05, 3.63) is 70.4 Å². The lowest BCUT2D eigenvalue weighted by atomic mass is 9.87. The second-order valence-electron chi connectivity index (χ2n) is 8.11. The van der Waals surface area contributed by atoms with Gasteiger partial charge in [0.1, 0.15) is 11.1 Å². The summed E-state index contributed by atoms with van der Waals surface area (Å²) in [6.45, 7) is 2.23. The molecule has 2 aromatic carbocycles. The summed E-state index contributed by atoms with van der Waals surface area (Å²) in [5.74, 6) is 0.727. The molecule has 0 fully saturated rings. The first kappa shape index (κ1) is 21.4. The Morgan fingerprint density at radius 3 is 2.91 bits per heavy atom. The van der Waals surface area contributed by atoms with Gasteiger partial charge in [0.2, 0.25) is 5.91 Å². The maximum absolute atomic E-state index is 13.5. The minimum atomic E-state index is -0.0664. The number of nitriles is 1. The predicted octanol–water partition coefficient (Wildman–Crippen LogP) is 6.65. The molecule has 0 saturated carbocycles. The molecule has 0 bridgehead atoms. The number of benzene rings is 2. The van der Waals surface area contributed by atoms with Crippen LogP contribution in [0.15, 0.2) is 63.3 Å². The van der Waals surface area contributed by atoms with Crippen molar-refractivity contribution in [2.75, 3.05) is 10.7 Å². The van der Waals surface area contributed by atoms with E-state index < -0.39 is 0 Å². The molecule has 1 aliphatic carbocycles. The number of thioether (sulfide) groups is 1. The Kier molecular flexibility index (Phi) is 5.90.